The Labute approximate surface area is 145 Å². The number of aromatic nitrogens is 2. The van der Waals surface area contributed by atoms with Crippen LogP contribution in [0.5, 0.6) is 0 Å². The molecule has 0 spiro atoms. The molecule has 2 aromatic heterocycles. The van der Waals surface area contributed by atoms with Crippen LogP contribution in [0.2, 0.25) is 0 Å². The van der Waals surface area contributed by atoms with Crippen LogP contribution < -0.4 is 0 Å². The van der Waals surface area contributed by atoms with Crippen LogP contribution in [0.3, 0.4) is 0 Å². The molecule has 0 aliphatic rings. The van der Waals surface area contributed by atoms with Gasteiger partial charge in [-0.1, -0.05) is 54.6 Å². The highest BCUT2D eigenvalue weighted by molar-refractivity contribution is 7.13. The molecule has 116 valence electrons. The van der Waals surface area contributed by atoms with E-state index in [-0.39, 0.29) is 0 Å². The third-order valence-corrected chi connectivity index (χ3v) is 4.95. The summed E-state index contributed by atoms with van der Waals surface area (Å²) >= 11 is 1.67. The smallest absolute Gasteiger partial charge is 0.124 e. The van der Waals surface area contributed by atoms with Crippen LogP contribution in [0.4, 0.5) is 0 Å². The van der Waals surface area contributed by atoms with Gasteiger partial charge in [0, 0.05) is 28.9 Å². The highest BCUT2D eigenvalue weighted by Crippen LogP contribution is 2.31. The second kappa shape index (κ2) is 6.38. The molecule has 0 aliphatic heterocycles. The number of hydrogen-bond acceptors (Lipinski definition) is 3. The number of nitrogens with zero attached hydrogens (tertiary/aromatic N) is 2. The lowest BCUT2D eigenvalue weighted by molar-refractivity contribution is 1.27. The van der Waals surface area contributed by atoms with Crippen molar-refractivity contribution in [3.05, 3.63) is 84.0 Å². The van der Waals surface area contributed by atoms with E-state index in [0.29, 0.717) is 0 Å². The van der Waals surface area contributed by atoms with E-state index in [4.69, 9.17) is 4.98 Å². The Morgan fingerprint density at radius 2 is 1.50 bits per heavy atom. The zero-order valence-corrected chi connectivity index (χ0v) is 14.1. The van der Waals surface area contributed by atoms with E-state index in [1.807, 2.05) is 24.5 Å². The molecule has 4 aromatic rings. The first kappa shape index (κ1) is 14.8. The van der Waals surface area contributed by atoms with Gasteiger partial charge in [-0.2, -0.15) is 0 Å². The molecule has 0 fully saturated rings. The largest absolute Gasteiger partial charge is 0.264 e. The Hall–Kier alpha value is -2.78. The van der Waals surface area contributed by atoms with Gasteiger partial charge in [0.1, 0.15) is 5.01 Å². The molecule has 4 rings (SSSR count). The maximum Gasteiger partial charge on any atom is 0.124 e. The van der Waals surface area contributed by atoms with Gasteiger partial charge in [-0.15, -0.1) is 11.3 Å². The number of thiazole rings is 1. The van der Waals surface area contributed by atoms with Crippen LogP contribution in [0.15, 0.2) is 78.4 Å². The lowest BCUT2D eigenvalue weighted by Crippen LogP contribution is -1.85. The van der Waals surface area contributed by atoms with Crippen molar-refractivity contribution in [1.82, 2.24) is 9.97 Å². The predicted octanol–water partition coefficient (Wildman–Crippen LogP) is 5.85. The van der Waals surface area contributed by atoms with Crippen molar-refractivity contribution >= 4 is 11.3 Å². The number of aryl methyl sites for hydroxylation is 1. The molecule has 24 heavy (non-hydrogen) atoms. The highest BCUT2D eigenvalue weighted by Gasteiger charge is 2.09. The minimum Gasteiger partial charge on any atom is -0.264 e. The molecule has 0 radical (unpaired) electrons. The normalized spacial score (nSPS) is 10.7. The van der Waals surface area contributed by atoms with E-state index < -0.39 is 0 Å². The van der Waals surface area contributed by atoms with E-state index in [9.17, 15) is 0 Å². The van der Waals surface area contributed by atoms with Gasteiger partial charge in [0.25, 0.3) is 0 Å². The fourth-order valence-electron chi connectivity index (χ4n) is 2.70. The van der Waals surface area contributed by atoms with E-state index in [2.05, 4.69) is 65.8 Å². The van der Waals surface area contributed by atoms with Crippen molar-refractivity contribution in [1.29, 1.82) is 0 Å². The summed E-state index contributed by atoms with van der Waals surface area (Å²) in [7, 11) is 0. The van der Waals surface area contributed by atoms with Gasteiger partial charge in [0.2, 0.25) is 0 Å². The summed E-state index contributed by atoms with van der Waals surface area (Å²) in [5.74, 6) is 0. The first-order chi connectivity index (χ1) is 11.8. The first-order valence-corrected chi connectivity index (χ1v) is 8.71. The molecular formula is C21H16N2S. The summed E-state index contributed by atoms with van der Waals surface area (Å²) in [5.41, 5.74) is 6.89. The summed E-state index contributed by atoms with van der Waals surface area (Å²) in [5, 5.41) is 3.14. The summed E-state index contributed by atoms with van der Waals surface area (Å²) in [4.78, 5) is 9.01. The molecule has 0 saturated heterocycles. The summed E-state index contributed by atoms with van der Waals surface area (Å²) in [6.07, 6.45) is 3.70. The number of pyridine rings is 1. The van der Waals surface area contributed by atoms with Crippen LogP contribution >= 0.6 is 11.3 Å². The van der Waals surface area contributed by atoms with Crippen molar-refractivity contribution in [3.63, 3.8) is 0 Å². The molecule has 0 amide bonds. The molecule has 2 nitrogen and oxygen atoms in total. The second-order valence-corrected chi connectivity index (χ2v) is 6.53. The van der Waals surface area contributed by atoms with Crippen molar-refractivity contribution in [2.75, 3.05) is 0 Å². The average molecular weight is 328 g/mol. The van der Waals surface area contributed by atoms with Crippen molar-refractivity contribution in [2.24, 2.45) is 0 Å². The Balaban J connectivity index is 1.65. The SMILES string of the molecule is Cc1ccncc1-c1csc(-c2ccc(-c3ccccc3)cc2)n1. The topological polar surface area (TPSA) is 25.8 Å². The Bertz CT molecular complexity index is 957. The van der Waals surface area contributed by atoms with Crippen LogP contribution in [0.1, 0.15) is 5.56 Å². The zero-order valence-electron chi connectivity index (χ0n) is 13.3. The minimum atomic E-state index is 0.993. The van der Waals surface area contributed by atoms with Crippen molar-refractivity contribution < 1.29 is 0 Å². The van der Waals surface area contributed by atoms with Gasteiger partial charge in [-0.25, -0.2) is 4.98 Å². The molecule has 0 aliphatic carbocycles. The molecule has 2 aromatic carbocycles. The maximum absolute atomic E-state index is 4.79. The minimum absolute atomic E-state index is 0.993. The van der Waals surface area contributed by atoms with Crippen molar-refractivity contribution in [2.45, 2.75) is 6.92 Å². The molecule has 0 atom stereocenters. The first-order valence-electron chi connectivity index (χ1n) is 7.83. The monoisotopic (exact) mass is 328 g/mol. The molecule has 0 bridgehead atoms. The third kappa shape index (κ3) is 2.86. The number of hydrogen-bond donors (Lipinski definition) is 0. The summed E-state index contributed by atoms with van der Waals surface area (Å²) in [6.45, 7) is 2.09. The molecule has 2 heterocycles. The van der Waals surface area contributed by atoms with Gasteiger partial charge in [-0.05, 0) is 29.7 Å². The Morgan fingerprint density at radius 3 is 2.25 bits per heavy atom. The van der Waals surface area contributed by atoms with Crippen LogP contribution in [-0.4, -0.2) is 9.97 Å². The standard InChI is InChI=1S/C21H16N2S/c1-15-11-12-22-13-19(15)20-14-24-21(23-20)18-9-7-17(8-10-18)16-5-3-2-4-6-16/h2-14H,1H3. The second-order valence-electron chi connectivity index (χ2n) is 5.67. The number of rotatable bonds is 3. The fourth-order valence-corrected chi connectivity index (χ4v) is 3.52. The summed E-state index contributed by atoms with van der Waals surface area (Å²) in [6, 6.07) is 21.0. The predicted molar refractivity (Wildman–Crippen MR) is 101 cm³/mol. The van der Waals surface area contributed by atoms with Crippen molar-refractivity contribution in [3.8, 4) is 33.0 Å². The van der Waals surface area contributed by atoms with E-state index in [1.165, 1.54) is 16.7 Å². The lowest BCUT2D eigenvalue weighted by Gasteiger charge is -2.03. The quantitative estimate of drug-likeness (QED) is 0.471. The van der Waals surface area contributed by atoms with Gasteiger partial charge < -0.3 is 0 Å². The Morgan fingerprint density at radius 1 is 0.792 bits per heavy atom. The molecule has 3 heteroatoms. The van der Waals surface area contributed by atoms with Crippen LogP contribution in [-0.2, 0) is 0 Å². The molecule has 0 saturated carbocycles. The highest BCUT2D eigenvalue weighted by atomic mass is 32.1. The van der Waals surface area contributed by atoms with Crippen LogP contribution in [0.25, 0.3) is 33.0 Å². The number of benzene rings is 2. The maximum atomic E-state index is 4.79. The van der Waals surface area contributed by atoms with Gasteiger partial charge in [-0.3, -0.25) is 4.98 Å². The Kier molecular flexibility index (Phi) is 3.93. The lowest BCUT2D eigenvalue weighted by atomic mass is 10.0. The molecule has 0 unspecified atom stereocenters. The average Bonchev–Trinajstić information content (AvgIpc) is 3.13. The zero-order chi connectivity index (χ0) is 16.4. The van der Waals surface area contributed by atoms with Gasteiger partial charge in [0.05, 0.1) is 5.69 Å². The van der Waals surface area contributed by atoms with Crippen LogP contribution in [0, 0.1) is 6.92 Å². The van der Waals surface area contributed by atoms with E-state index >= 15 is 0 Å². The molecule has 0 N–H and O–H groups in total. The third-order valence-electron chi connectivity index (χ3n) is 4.06. The van der Waals surface area contributed by atoms with Gasteiger partial charge in [0.15, 0.2) is 0 Å². The van der Waals surface area contributed by atoms with Gasteiger partial charge >= 0.3 is 0 Å². The summed E-state index contributed by atoms with van der Waals surface area (Å²) < 4.78 is 0. The molecular weight excluding hydrogens is 312 g/mol. The fraction of sp³-hybridized carbons (Fsp3) is 0.0476. The van der Waals surface area contributed by atoms with E-state index in [0.717, 1.165) is 21.8 Å². The van der Waals surface area contributed by atoms with E-state index in [1.54, 1.807) is 11.3 Å².